The molecule has 2 atom stereocenters. The Hall–Kier alpha value is -5.12. The minimum absolute atomic E-state index is 0.0769. The lowest BCUT2D eigenvalue weighted by Crippen LogP contribution is -2.49. The van der Waals surface area contributed by atoms with Gasteiger partial charge in [0, 0.05) is 24.8 Å². The van der Waals surface area contributed by atoms with Crippen molar-refractivity contribution < 1.29 is 24.2 Å². The molecule has 0 spiro atoms. The Kier molecular flexibility index (Phi) is 12.8. The van der Waals surface area contributed by atoms with E-state index in [9.17, 15) is 19.5 Å². The Morgan fingerprint density at radius 2 is 1.52 bits per heavy atom. The maximum atomic E-state index is 13.5. The number of nitrogens with two attached hydrogens (primary N) is 1. The summed E-state index contributed by atoms with van der Waals surface area (Å²) in [6.45, 7) is 8.08. The highest BCUT2D eigenvalue weighted by Crippen LogP contribution is 2.44. The zero-order valence-electron chi connectivity index (χ0n) is 28.1. The molecule has 4 amide bonds. The number of urea groups is 1. The molecule has 5 N–H and O–H groups in total. The number of hydrogen-bond donors (Lipinski definition) is 4. The van der Waals surface area contributed by atoms with Crippen LogP contribution in [0.25, 0.3) is 17.2 Å². The number of benzene rings is 3. The predicted octanol–water partition coefficient (Wildman–Crippen LogP) is 5.33. The first kappa shape index (κ1) is 35.7. The minimum atomic E-state index is -1.09. The van der Waals surface area contributed by atoms with Crippen molar-refractivity contribution in [1.29, 1.82) is 0 Å². The van der Waals surface area contributed by atoms with E-state index in [1.54, 1.807) is 13.8 Å². The van der Waals surface area contributed by atoms with Crippen LogP contribution in [0.15, 0.2) is 83.4 Å². The third kappa shape index (κ3) is 9.47. The van der Waals surface area contributed by atoms with Gasteiger partial charge >= 0.3 is 6.03 Å². The van der Waals surface area contributed by atoms with E-state index in [2.05, 4.69) is 53.0 Å². The van der Waals surface area contributed by atoms with Gasteiger partial charge in [0.15, 0.2) is 0 Å². The molecule has 0 aliphatic heterocycles. The summed E-state index contributed by atoms with van der Waals surface area (Å²) in [5, 5.41) is 21.2. The number of allylic oxidation sites excluding steroid dienone is 1. The summed E-state index contributed by atoms with van der Waals surface area (Å²) in [7, 11) is 0. The highest BCUT2D eigenvalue weighted by atomic mass is 16.6. The van der Waals surface area contributed by atoms with Gasteiger partial charge in [0.1, 0.15) is 18.2 Å². The molecular weight excluding hydrogens is 606 g/mol. The summed E-state index contributed by atoms with van der Waals surface area (Å²) in [5.41, 5.74) is 12.5. The molecule has 0 saturated carbocycles. The minimum Gasteiger partial charge on any atom is -0.599 e. The zero-order valence-corrected chi connectivity index (χ0v) is 28.1. The normalized spacial score (nSPS) is 13.6. The van der Waals surface area contributed by atoms with Gasteiger partial charge in [-0.25, -0.2) is 4.79 Å². The fourth-order valence-corrected chi connectivity index (χ4v) is 5.88. The molecule has 4 rings (SSSR count). The van der Waals surface area contributed by atoms with Crippen molar-refractivity contribution in [3.8, 4) is 11.1 Å². The Bertz CT molecular complexity index is 1580. The van der Waals surface area contributed by atoms with Gasteiger partial charge < -0.3 is 31.5 Å². The number of carbonyl (C=O) groups excluding carboxylic acids is 3. The molecule has 254 valence electrons. The Morgan fingerprint density at radius 3 is 2.08 bits per heavy atom. The van der Waals surface area contributed by atoms with E-state index in [1.807, 2.05) is 60.7 Å². The van der Waals surface area contributed by atoms with E-state index in [-0.39, 0.29) is 31.4 Å². The second-order valence-electron chi connectivity index (χ2n) is 12.2. The second-order valence-corrected chi connectivity index (χ2v) is 12.2. The van der Waals surface area contributed by atoms with Gasteiger partial charge in [0.2, 0.25) is 11.8 Å². The molecule has 0 heterocycles. The average Bonchev–Trinajstić information content (AvgIpc) is 3.40. The second kappa shape index (κ2) is 17.2. The number of rotatable bonds is 15. The van der Waals surface area contributed by atoms with Crippen molar-refractivity contribution in [3.63, 3.8) is 0 Å². The van der Waals surface area contributed by atoms with Crippen LogP contribution < -0.4 is 26.8 Å². The van der Waals surface area contributed by atoms with E-state index < -0.39 is 36.0 Å². The van der Waals surface area contributed by atoms with Gasteiger partial charge in [-0.2, -0.15) is 0 Å². The van der Waals surface area contributed by atoms with Crippen molar-refractivity contribution in [2.75, 3.05) is 18.5 Å². The Morgan fingerprint density at radius 1 is 0.917 bits per heavy atom. The van der Waals surface area contributed by atoms with Gasteiger partial charge in [0.05, 0.1) is 0 Å². The summed E-state index contributed by atoms with van der Waals surface area (Å²) in [4.78, 5) is 42.2. The smallest absolute Gasteiger partial charge is 0.312 e. The van der Waals surface area contributed by atoms with Crippen LogP contribution >= 0.6 is 0 Å². The van der Waals surface area contributed by atoms with Crippen LogP contribution in [0, 0.1) is 5.92 Å². The highest BCUT2D eigenvalue weighted by Gasteiger charge is 2.29. The van der Waals surface area contributed by atoms with Crippen LogP contribution in [0.2, 0.25) is 0 Å². The Labute approximate surface area is 282 Å². The van der Waals surface area contributed by atoms with E-state index >= 15 is 0 Å². The molecule has 0 aromatic heterocycles. The van der Waals surface area contributed by atoms with Crippen molar-refractivity contribution >= 4 is 35.7 Å². The van der Waals surface area contributed by atoms with E-state index in [1.165, 1.54) is 5.57 Å². The third-order valence-corrected chi connectivity index (χ3v) is 8.54. The standard InChI is InChI=1S/C38H47N5O5/c1-5-25(6-2)22-26-17-19-27(20-18-26)41-35(44)33(16-11-21-40-37(39)46)42-36(45)34(24(3)4)43-38(47)48-23-32-30-14-9-7-12-28(30)29-13-8-10-15-31(29)32/h7-10,12-15,17-20,22,24,32-34H,5-6,11,16,21,23H2,1-4H3,(H,41,44)(H,42,45)(H,43,47)(H3,39,40,46)/p-1/t33-,34-/m0/s1. The lowest BCUT2D eigenvalue weighted by atomic mass is 9.98. The first-order valence-corrected chi connectivity index (χ1v) is 16.6. The van der Waals surface area contributed by atoms with Crippen LogP contribution in [0.3, 0.4) is 0 Å². The molecule has 1 aliphatic carbocycles. The molecule has 0 bridgehead atoms. The number of nitrogens with zero attached hydrogens (tertiary/aromatic N) is 1. The fourth-order valence-electron chi connectivity index (χ4n) is 5.88. The molecule has 3 aromatic carbocycles. The molecule has 10 heteroatoms. The number of ether oxygens (including phenoxy) is 1. The van der Waals surface area contributed by atoms with Crippen molar-refractivity contribution in [3.05, 3.63) is 95.1 Å². The first-order chi connectivity index (χ1) is 23.1. The van der Waals surface area contributed by atoms with Crippen LogP contribution in [0.5, 0.6) is 0 Å². The van der Waals surface area contributed by atoms with Crippen molar-refractivity contribution in [2.45, 2.75) is 71.4 Å². The maximum Gasteiger partial charge on any atom is 0.312 e. The van der Waals surface area contributed by atoms with Gasteiger partial charge in [0.25, 0.3) is 0 Å². The van der Waals surface area contributed by atoms with Gasteiger partial charge in [-0.15, -0.1) is 0 Å². The average molecular weight is 653 g/mol. The molecule has 10 nitrogen and oxygen atoms in total. The van der Waals surface area contributed by atoms with E-state index in [4.69, 9.17) is 10.5 Å². The Balaban J connectivity index is 1.44. The summed E-state index contributed by atoms with van der Waals surface area (Å²) in [6, 6.07) is 20.8. The SMILES string of the molecule is CCC(=Cc1ccc(NC(=O)[C@H](CCCNC(N)=O)NC(=O)[C@@H](N=C([O-])OCC2c3ccccc3-c3ccccc32)C(C)C)cc1)CC. The molecule has 1 aliphatic rings. The first-order valence-electron chi connectivity index (χ1n) is 16.6. The molecule has 0 radical (unpaired) electrons. The lowest BCUT2D eigenvalue weighted by molar-refractivity contribution is -0.251. The third-order valence-electron chi connectivity index (χ3n) is 8.54. The summed E-state index contributed by atoms with van der Waals surface area (Å²) < 4.78 is 5.63. The molecular formula is C38H46N5O5-. The monoisotopic (exact) mass is 652 g/mol. The van der Waals surface area contributed by atoms with Gasteiger partial charge in [-0.3, -0.25) is 14.6 Å². The molecule has 3 aromatic rings. The summed E-state index contributed by atoms with van der Waals surface area (Å²) >= 11 is 0. The number of aliphatic imine (C=N–C) groups is 1. The number of hydrogen-bond acceptors (Lipinski definition) is 6. The van der Waals surface area contributed by atoms with Gasteiger partial charge in [-0.05, 0) is 71.6 Å². The molecule has 0 saturated heterocycles. The van der Waals surface area contributed by atoms with E-state index in [0.717, 1.165) is 40.7 Å². The molecule has 0 fully saturated rings. The number of fused-ring (bicyclic) bond motifs is 3. The topological polar surface area (TPSA) is 158 Å². The van der Waals surface area contributed by atoms with Crippen LogP contribution in [0.4, 0.5) is 10.5 Å². The fraction of sp³-hybridized carbons (Fsp3) is 0.368. The van der Waals surface area contributed by atoms with Crippen LogP contribution in [-0.2, 0) is 14.3 Å². The number of amides is 4. The van der Waals surface area contributed by atoms with E-state index in [0.29, 0.717) is 12.1 Å². The molecule has 48 heavy (non-hydrogen) atoms. The highest BCUT2D eigenvalue weighted by molar-refractivity contribution is 5.98. The number of carbonyl (C=O) groups is 3. The molecule has 0 unspecified atom stereocenters. The van der Waals surface area contributed by atoms with Crippen LogP contribution in [0.1, 0.15) is 76.0 Å². The summed E-state index contributed by atoms with van der Waals surface area (Å²) in [5.74, 6) is -1.51. The largest absolute Gasteiger partial charge is 0.599 e. The van der Waals surface area contributed by atoms with Crippen molar-refractivity contribution in [1.82, 2.24) is 10.6 Å². The number of nitrogens with one attached hydrogen (secondary N) is 3. The summed E-state index contributed by atoms with van der Waals surface area (Å²) in [6.07, 6.45) is 3.80. The van der Waals surface area contributed by atoms with Crippen LogP contribution in [-0.4, -0.2) is 49.2 Å². The van der Waals surface area contributed by atoms with Gasteiger partial charge in [-0.1, -0.05) is 100 Å². The number of anilines is 1. The quantitative estimate of drug-likeness (QED) is 0.0991. The van der Waals surface area contributed by atoms with Crippen molar-refractivity contribution in [2.24, 2.45) is 16.6 Å². The predicted molar refractivity (Wildman–Crippen MR) is 188 cm³/mol. The number of primary amides is 1. The maximum absolute atomic E-state index is 13.5. The zero-order chi connectivity index (χ0) is 34.6. The lowest BCUT2D eigenvalue weighted by Gasteiger charge is -2.25.